The number of ether oxygens (including phenoxy) is 1. The van der Waals surface area contributed by atoms with Gasteiger partial charge in [-0.15, -0.1) is 13.2 Å². The SMILES string of the molecule is C[C@]12CC[C@H]3[C@]4(C=C[C@@]5(C=C4C(=O)c4cccc(C(F)(F)F)c4)CC(O)CC[C@]35C)[C@@H]1CC[C@@]2(O)CN(Cc1ccc(OC(F)(F)F)cc1)C[C@H](O)CO. The van der Waals surface area contributed by atoms with Gasteiger partial charge < -0.3 is 25.2 Å². The molecular weight excluding hydrogens is 716 g/mol. The van der Waals surface area contributed by atoms with Crippen molar-refractivity contribution in [2.24, 2.45) is 33.5 Å². The number of hydrogen-bond acceptors (Lipinski definition) is 7. The molecule has 2 aromatic rings. The summed E-state index contributed by atoms with van der Waals surface area (Å²) in [6.07, 6.45) is -1.50. The summed E-state index contributed by atoms with van der Waals surface area (Å²) in [5.41, 5.74) is -4.17. The number of nitrogens with zero attached hydrogens (tertiary/aromatic N) is 1. The highest BCUT2D eigenvalue weighted by Gasteiger charge is 2.74. The van der Waals surface area contributed by atoms with E-state index in [4.69, 9.17) is 0 Å². The first-order valence-electron chi connectivity index (χ1n) is 18.6. The molecule has 2 spiro atoms. The highest BCUT2D eigenvalue weighted by Crippen LogP contribution is 2.78. The van der Waals surface area contributed by atoms with Crippen LogP contribution < -0.4 is 4.74 Å². The molecule has 13 heteroatoms. The molecule has 0 heterocycles. The van der Waals surface area contributed by atoms with Gasteiger partial charge in [-0.3, -0.25) is 9.69 Å². The second kappa shape index (κ2) is 13.2. The molecule has 0 radical (unpaired) electrons. The number of allylic oxidation sites excluding steroid dienone is 4. The van der Waals surface area contributed by atoms with Gasteiger partial charge in [0.25, 0.3) is 0 Å². The molecule has 2 aromatic carbocycles. The van der Waals surface area contributed by atoms with E-state index in [1.165, 1.54) is 36.4 Å². The number of aliphatic hydroxyl groups excluding tert-OH is 3. The fraction of sp³-hybridized carbons (Fsp3) is 0.585. The summed E-state index contributed by atoms with van der Waals surface area (Å²) in [5, 5.41) is 44.1. The molecule has 7 nitrogen and oxygen atoms in total. The van der Waals surface area contributed by atoms with Gasteiger partial charge in [0.1, 0.15) is 5.75 Å². The van der Waals surface area contributed by atoms with E-state index in [0.717, 1.165) is 12.1 Å². The third-order valence-corrected chi connectivity index (χ3v) is 14.1. The van der Waals surface area contributed by atoms with E-state index >= 15 is 0 Å². The van der Waals surface area contributed by atoms with E-state index in [-0.39, 0.29) is 42.4 Å². The minimum Gasteiger partial charge on any atom is -0.406 e. The van der Waals surface area contributed by atoms with E-state index in [1.54, 1.807) is 4.90 Å². The second-order valence-electron chi connectivity index (χ2n) is 16.9. The lowest BCUT2D eigenvalue weighted by atomic mass is 9.32. The zero-order chi connectivity index (χ0) is 39.1. The van der Waals surface area contributed by atoms with E-state index in [0.29, 0.717) is 56.1 Å². The minimum absolute atomic E-state index is 0.0380. The molecule has 6 aliphatic rings. The molecule has 8 rings (SSSR count). The summed E-state index contributed by atoms with van der Waals surface area (Å²) < 4.78 is 83.9. The van der Waals surface area contributed by atoms with Gasteiger partial charge in [-0.2, -0.15) is 13.2 Å². The molecule has 3 fully saturated rings. The number of alkyl halides is 6. The van der Waals surface area contributed by atoms with Crippen LogP contribution in [0.2, 0.25) is 0 Å². The lowest BCUT2D eigenvalue weighted by Crippen LogP contribution is -2.67. The third-order valence-electron chi connectivity index (χ3n) is 14.1. The maximum Gasteiger partial charge on any atom is 0.573 e. The number of Topliss-reactive ketones (excluding diaryl/α,β-unsaturated/α-hetero) is 1. The number of carbonyl (C=O) groups is 1. The van der Waals surface area contributed by atoms with Gasteiger partial charge in [-0.05, 0) is 92.0 Å². The predicted octanol–water partition coefficient (Wildman–Crippen LogP) is 7.23. The Morgan fingerprint density at radius 2 is 1.61 bits per heavy atom. The highest BCUT2D eigenvalue weighted by molar-refractivity contribution is 6.10. The highest BCUT2D eigenvalue weighted by atomic mass is 19.4. The van der Waals surface area contributed by atoms with Gasteiger partial charge in [0.15, 0.2) is 5.78 Å². The number of aliphatic hydroxyl groups is 4. The fourth-order valence-corrected chi connectivity index (χ4v) is 11.6. The number of rotatable bonds is 10. The molecular formula is C41H47F6NO6. The molecule has 9 atom stereocenters. The second-order valence-corrected chi connectivity index (χ2v) is 16.9. The van der Waals surface area contributed by atoms with Gasteiger partial charge in [0.05, 0.1) is 30.0 Å². The van der Waals surface area contributed by atoms with Crippen LogP contribution in [0.3, 0.4) is 0 Å². The average Bonchev–Trinajstić information content (AvgIpc) is 3.37. The Morgan fingerprint density at radius 1 is 0.944 bits per heavy atom. The Kier molecular flexibility index (Phi) is 9.52. The summed E-state index contributed by atoms with van der Waals surface area (Å²) in [6.45, 7) is 3.78. The molecule has 294 valence electrons. The minimum atomic E-state index is -4.86. The van der Waals surface area contributed by atoms with Crippen LogP contribution in [-0.2, 0) is 12.7 Å². The summed E-state index contributed by atoms with van der Waals surface area (Å²) >= 11 is 0. The lowest BCUT2D eigenvalue weighted by molar-refractivity contribution is -0.274. The van der Waals surface area contributed by atoms with Gasteiger partial charge in [-0.25, -0.2) is 0 Å². The van der Waals surface area contributed by atoms with Crippen molar-refractivity contribution < 1.29 is 56.3 Å². The summed E-state index contributed by atoms with van der Waals surface area (Å²) in [4.78, 5) is 16.5. The molecule has 0 saturated heterocycles. The van der Waals surface area contributed by atoms with Gasteiger partial charge in [0.2, 0.25) is 0 Å². The zero-order valence-corrected chi connectivity index (χ0v) is 30.3. The van der Waals surface area contributed by atoms with Crippen LogP contribution in [0.5, 0.6) is 5.75 Å². The van der Waals surface area contributed by atoms with Crippen molar-refractivity contribution in [3.05, 3.63) is 89.0 Å². The summed E-state index contributed by atoms with van der Waals surface area (Å²) in [5.74, 6) is -1.29. The molecule has 6 aliphatic carbocycles. The van der Waals surface area contributed by atoms with Gasteiger partial charge in [0, 0.05) is 47.0 Å². The Labute approximate surface area is 310 Å². The first-order chi connectivity index (χ1) is 25.2. The van der Waals surface area contributed by atoms with Crippen LogP contribution in [0.1, 0.15) is 80.3 Å². The fourth-order valence-electron chi connectivity index (χ4n) is 11.6. The van der Waals surface area contributed by atoms with Crippen molar-refractivity contribution in [2.75, 3.05) is 19.7 Å². The maximum absolute atomic E-state index is 14.7. The molecule has 3 saturated carbocycles. The Bertz CT molecular complexity index is 1830. The normalized spacial score (nSPS) is 36.3. The smallest absolute Gasteiger partial charge is 0.406 e. The van der Waals surface area contributed by atoms with Gasteiger partial charge in [-0.1, -0.05) is 56.3 Å². The maximum atomic E-state index is 14.7. The monoisotopic (exact) mass is 763 g/mol. The van der Waals surface area contributed by atoms with E-state index in [9.17, 15) is 51.6 Å². The van der Waals surface area contributed by atoms with Crippen LogP contribution in [0, 0.1) is 33.5 Å². The van der Waals surface area contributed by atoms with Crippen LogP contribution in [0.4, 0.5) is 26.3 Å². The molecule has 0 amide bonds. The Morgan fingerprint density at radius 3 is 2.28 bits per heavy atom. The number of fused-ring (bicyclic) bond motifs is 1. The van der Waals surface area contributed by atoms with E-state index in [1.807, 2.05) is 13.0 Å². The zero-order valence-electron chi connectivity index (χ0n) is 30.3. The van der Waals surface area contributed by atoms with Crippen molar-refractivity contribution in [2.45, 2.75) is 95.7 Å². The first-order valence-corrected chi connectivity index (χ1v) is 18.6. The predicted molar refractivity (Wildman–Crippen MR) is 186 cm³/mol. The summed E-state index contributed by atoms with van der Waals surface area (Å²) in [6, 6.07) is 9.77. The molecule has 1 unspecified atom stereocenters. The number of carbonyl (C=O) groups excluding carboxylic acids is 1. The number of hydrogen-bond donors (Lipinski definition) is 4. The standard InChI is InChI=1S/C41H47F6NO6/c1-35-13-10-28(50)19-37(35)16-17-39(31(20-37)34(52)26-4-3-5-27(18-26)40(42,43)44)32(35)11-14-36(2)33(39)12-15-38(36,53)24-48(22-29(51)23-49)21-25-6-8-30(9-7-25)54-41(45,46)47/h3-9,16-18,20,28-29,32-33,49-51,53H,10-15,19,21-24H2,1-2H3/t28?,29-,32+,33+,35+,36-,37-,38+,39+/m0/s1. The molecule has 0 aliphatic heterocycles. The van der Waals surface area contributed by atoms with Crippen molar-refractivity contribution in [1.82, 2.24) is 4.90 Å². The number of ketones is 1. The average molecular weight is 764 g/mol. The van der Waals surface area contributed by atoms with Crippen LogP contribution in [-0.4, -0.2) is 75.0 Å². The van der Waals surface area contributed by atoms with E-state index in [2.05, 4.69) is 23.8 Å². The Hall–Kier alpha value is -3.23. The largest absolute Gasteiger partial charge is 0.573 e. The Balaban J connectivity index is 1.26. The molecule has 0 aromatic heterocycles. The lowest BCUT2D eigenvalue weighted by Gasteiger charge is -2.71. The van der Waals surface area contributed by atoms with Crippen molar-refractivity contribution in [3.63, 3.8) is 0 Å². The first kappa shape index (κ1) is 39.0. The quantitative estimate of drug-likeness (QED) is 0.115. The molecule has 2 bridgehead atoms. The van der Waals surface area contributed by atoms with E-state index < -0.39 is 70.3 Å². The van der Waals surface area contributed by atoms with Gasteiger partial charge >= 0.3 is 12.5 Å². The number of benzene rings is 2. The summed E-state index contributed by atoms with van der Waals surface area (Å²) in [7, 11) is 0. The van der Waals surface area contributed by atoms with Crippen LogP contribution in [0.25, 0.3) is 0 Å². The van der Waals surface area contributed by atoms with Crippen molar-refractivity contribution in [3.8, 4) is 5.75 Å². The van der Waals surface area contributed by atoms with Crippen molar-refractivity contribution in [1.29, 1.82) is 0 Å². The third kappa shape index (κ3) is 6.22. The molecule has 4 N–H and O–H groups in total. The van der Waals surface area contributed by atoms with Crippen molar-refractivity contribution >= 4 is 5.78 Å². The number of halogens is 6. The molecule has 54 heavy (non-hydrogen) atoms. The van der Waals surface area contributed by atoms with Crippen LogP contribution >= 0.6 is 0 Å². The topological polar surface area (TPSA) is 110 Å². The van der Waals surface area contributed by atoms with Crippen LogP contribution in [0.15, 0.2) is 72.3 Å².